The van der Waals surface area contributed by atoms with Gasteiger partial charge in [-0.15, -0.1) is 0 Å². The van der Waals surface area contributed by atoms with E-state index in [0.29, 0.717) is 10.7 Å². The van der Waals surface area contributed by atoms with E-state index in [4.69, 9.17) is 4.74 Å². The minimum atomic E-state index is -0.275. The summed E-state index contributed by atoms with van der Waals surface area (Å²) < 4.78 is 5.58. The number of imide groups is 1. The maximum Gasteiger partial charge on any atom is 0.293 e. The predicted molar refractivity (Wildman–Crippen MR) is 132 cm³/mol. The lowest BCUT2D eigenvalue weighted by atomic mass is 10.0. The Hall–Kier alpha value is -3.25. The highest BCUT2D eigenvalue weighted by Crippen LogP contribution is 2.36. The lowest BCUT2D eigenvalue weighted by Crippen LogP contribution is -2.27. The van der Waals surface area contributed by atoms with Crippen molar-refractivity contribution in [1.82, 2.24) is 4.90 Å². The highest BCUT2D eigenvalue weighted by molar-refractivity contribution is 8.18. The van der Waals surface area contributed by atoms with Crippen molar-refractivity contribution in [3.8, 4) is 5.75 Å². The molecule has 0 atom stereocenters. The molecule has 4 rings (SSSR count). The molecule has 0 unspecified atom stereocenters. The van der Waals surface area contributed by atoms with Gasteiger partial charge < -0.3 is 9.64 Å². The molecule has 1 fully saturated rings. The van der Waals surface area contributed by atoms with Crippen LogP contribution in [0.1, 0.15) is 25.0 Å². The van der Waals surface area contributed by atoms with Gasteiger partial charge in [0.25, 0.3) is 11.1 Å². The Kier molecular flexibility index (Phi) is 6.51. The first-order chi connectivity index (χ1) is 15.5. The molecular formula is C26H26N2O3S. The number of ether oxygens (including phenoxy) is 1. The van der Waals surface area contributed by atoms with E-state index < -0.39 is 0 Å². The zero-order valence-electron chi connectivity index (χ0n) is 18.5. The maximum absolute atomic E-state index is 13.1. The molecule has 0 saturated carbocycles. The number of thioether (sulfide) groups is 1. The van der Waals surface area contributed by atoms with Gasteiger partial charge in [0.1, 0.15) is 5.75 Å². The van der Waals surface area contributed by atoms with Crippen LogP contribution >= 0.6 is 11.8 Å². The van der Waals surface area contributed by atoms with Crippen LogP contribution in [-0.2, 0) is 11.3 Å². The number of amides is 2. The number of rotatable bonds is 7. The SMILES string of the molecule is CCN(CC)c1ccc(/C=C2/SC(=O)N(Cc3cccc4ccccc34)C2=O)c(OC)c1. The summed E-state index contributed by atoms with van der Waals surface area (Å²) in [7, 11) is 1.62. The van der Waals surface area contributed by atoms with Crippen molar-refractivity contribution in [3.63, 3.8) is 0 Å². The monoisotopic (exact) mass is 446 g/mol. The summed E-state index contributed by atoms with van der Waals surface area (Å²) >= 11 is 0.973. The predicted octanol–water partition coefficient (Wildman–Crippen LogP) is 5.93. The van der Waals surface area contributed by atoms with Gasteiger partial charge in [-0.25, -0.2) is 0 Å². The van der Waals surface area contributed by atoms with Gasteiger partial charge in [-0.3, -0.25) is 14.5 Å². The van der Waals surface area contributed by atoms with Crippen LogP contribution in [0.3, 0.4) is 0 Å². The molecule has 2 amide bonds. The van der Waals surface area contributed by atoms with Gasteiger partial charge in [-0.2, -0.15) is 0 Å². The van der Waals surface area contributed by atoms with Crippen LogP contribution in [0, 0.1) is 0 Å². The van der Waals surface area contributed by atoms with E-state index in [0.717, 1.165) is 52.4 Å². The van der Waals surface area contributed by atoms with Crippen LogP contribution in [0.2, 0.25) is 0 Å². The van der Waals surface area contributed by atoms with Gasteiger partial charge >= 0.3 is 0 Å². The van der Waals surface area contributed by atoms with Gasteiger partial charge in [0.15, 0.2) is 0 Å². The molecule has 3 aromatic carbocycles. The van der Waals surface area contributed by atoms with Crippen LogP contribution in [0.5, 0.6) is 5.75 Å². The standard InChI is InChI=1S/C26H26N2O3S/c1-4-27(5-2)21-14-13-19(23(16-21)31-3)15-24-25(29)28(26(30)32-24)17-20-11-8-10-18-9-6-7-12-22(18)20/h6-16H,4-5,17H2,1-3H3/b24-15+. The van der Waals surface area contributed by atoms with E-state index in [-0.39, 0.29) is 17.7 Å². The Morgan fingerprint density at radius 2 is 1.75 bits per heavy atom. The Labute approximate surface area is 192 Å². The molecule has 1 aliphatic heterocycles. The molecule has 6 heteroatoms. The Bertz CT molecular complexity index is 1200. The molecule has 32 heavy (non-hydrogen) atoms. The zero-order chi connectivity index (χ0) is 22.7. The highest BCUT2D eigenvalue weighted by atomic mass is 32.2. The third-order valence-corrected chi connectivity index (χ3v) is 6.62. The highest BCUT2D eigenvalue weighted by Gasteiger charge is 2.35. The summed E-state index contributed by atoms with van der Waals surface area (Å²) in [6, 6.07) is 19.9. The molecule has 1 heterocycles. The van der Waals surface area contributed by atoms with Gasteiger partial charge in [-0.1, -0.05) is 42.5 Å². The fourth-order valence-corrected chi connectivity index (χ4v) is 4.81. The quantitative estimate of drug-likeness (QED) is 0.421. The van der Waals surface area contributed by atoms with Crippen molar-refractivity contribution < 1.29 is 14.3 Å². The topological polar surface area (TPSA) is 49.9 Å². The summed E-state index contributed by atoms with van der Waals surface area (Å²) in [6.45, 7) is 6.26. The fraction of sp³-hybridized carbons (Fsp3) is 0.231. The second kappa shape index (κ2) is 9.49. The molecule has 164 valence electrons. The van der Waals surface area contributed by atoms with Crippen molar-refractivity contribution in [2.24, 2.45) is 0 Å². The van der Waals surface area contributed by atoms with Crippen molar-refractivity contribution in [2.45, 2.75) is 20.4 Å². The maximum atomic E-state index is 13.1. The summed E-state index contributed by atoms with van der Waals surface area (Å²) in [5.74, 6) is 0.401. The first-order valence-electron chi connectivity index (χ1n) is 10.7. The molecule has 0 spiro atoms. The number of carbonyl (C=O) groups is 2. The molecule has 3 aromatic rings. The average Bonchev–Trinajstić information content (AvgIpc) is 3.08. The number of nitrogens with zero attached hydrogens (tertiary/aromatic N) is 2. The average molecular weight is 447 g/mol. The van der Waals surface area contributed by atoms with Gasteiger partial charge in [0.2, 0.25) is 0 Å². The molecule has 1 aliphatic rings. The summed E-state index contributed by atoms with van der Waals surface area (Å²) in [4.78, 5) is 29.7. The number of fused-ring (bicyclic) bond motifs is 1. The van der Waals surface area contributed by atoms with Crippen LogP contribution in [0.15, 0.2) is 65.6 Å². The smallest absolute Gasteiger partial charge is 0.293 e. The van der Waals surface area contributed by atoms with E-state index in [9.17, 15) is 9.59 Å². The van der Waals surface area contributed by atoms with Crippen molar-refractivity contribution in [1.29, 1.82) is 0 Å². The first kappa shape index (κ1) is 22.0. The molecule has 0 radical (unpaired) electrons. The van der Waals surface area contributed by atoms with Crippen molar-refractivity contribution in [2.75, 3.05) is 25.1 Å². The van der Waals surface area contributed by atoms with E-state index >= 15 is 0 Å². The van der Waals surface area contributed by atoms with Crippen LogP contribution in [-0.4, -0.2) is 36.2 Å². The molecular weight excluding hydrogens is 420 g/mol. The van der Waals surface area contributed by atoms with Crippen molar-refractivity contribution >= 4 is 45.4 Å². The lowest BCUT2D eigenvalue weighted by molar-refractivity contribution is -0.123. The van der Waals surface area contributed by atoms with Crippen LogP contribution in [0.4, 0.5) is 10.5 Å². The van der Waals surface area contributed by atoms with Gasteiger partial charge in [0, 0.05) is 30.4 Å². The van der Waals surface area contributed by atoms with Crippen LogP contribution < -0.4 is 9.64 Å². The Morgan fingerprint density at radius 1 is 1.00 bits per heavy atom. The molecule has 0 aliphatic carbocycles. The molecule has 1 saturated heterocycles. The normalized spacial score (nSPS) is 15.1. The molecule has 5 nitrogen and oxygen atoms in total. The number of benzene rings is 3. The second-order valence-corrected chi connectivity index (χ2v) is 8.50. The summed E-state index contributed by atoms with van der Waals surface area (Å²) in [5, 5.41) is 1.88. The molecule has 0 aromatic heterocycles. The minimum absolute atomic E-state index is 0.251. The second-order valence-electron chi connectivity index (χ2n) is 7.50. The molecule has 0 N–H and O–H groups in total. The van der Waals surface area contributed by atoms with Gasteiger partial charge in [-0.05, 0) is 60.2 Å². The lowest BCUT2D eigenvalue weighted by Gasteiger charge is -2.22. The summed E-state index contributed by atoms with van der Waals surface area (Å²) in [6.07, 6.45) is 1.75. The number of methoxy groups -OCH3 is 1. The molecule has 0 bridgehead atoms. The van der Waals surface area contributed by atoms with E-state index in [1.165, 1.54) is 4.90 Å². The Morgan fingerprint density at radius 3 is 2.50 bits per heavy atom. The van der Waals surface area contributed by atoms with Gasteiger partial charge in [0.05, 0.1) is 18.6 Å². The summed E-state index contributed by atoms with van der Waals surface area (Å²) in [5.41, 5.74) is 2.79. The van der Waals surface area contributed by atoms with Crippen LogP contribution in [0.25, 0.3) is 16.8 Å². The number of anilines is 1. The third kappa shape index (κ3) is 4.23. The Balaban J connectivity index is 1.61. The zero-order valence-corrected chi connectivity index (χ0v) is 19.3. The minimum Gasteiger partial charge on any atom is -0.496 e. The van der Waals surface area contributed by atoms with E-state index in [1.54, 1.807) is 13.2 Å². The fourth-order valence-electron chi connectivity index (χ4n) is 3.98. The largest absolute Gasteiger partial charge is 0.496 e. The third-order valence-electron chi connectivity index (χ3n) is 5.71. The first-order valence-corrected chi connectivity index (χ1v) is 11.5. The number of hydrogen-bond acceptors (Lipinski definition) is 5. The number of carbonyl (C=O) groups excluding carboxylic acids is 2. The van der Waals surface area contributed by atoms with Crippen molar-refractivity contribution in [3.05, 3.63) is 76.7 Å². The number of hydrogen-bond donors (Lipinski definition) is 0. The van der Waals surface area contributed by atoms with E-state index in [2.05, 4.69) is 18.7 Å². The van der Waals surface area contributed by atoms with E-state index in [1.807, 2.05) is 60.7 Å².